The first-order valence-corrected chi connectivity index (χ1v) is 10.6. The molecule has 1 atom stereocenters. The molecule has 11 heteroatoms. The number of sulfonamides is 1. The summed E-state index contributed by atoms with van der Waals surface area (Å²) in [5, 5.41) is 0. The molecule has 2 heterocycles. The van der Waals surface area contributed by atoms with Crippen LogP contribution >= 0.6 is 28.1 Å². The molecule has 140 valence electrons. The van der Waals surface area contributed by atoms with Crippen molar-refractivity contribution >= 4 is 44.1 Å². The van der Waals surface area contributed by atoms with Crippen molar-refractivity contribution in [2.24, 2.45) is 0 Å². The summed E-state index contributed by atoms with van der Waals surface area (Å²) in [5.41, 5.74) is 1.04. The number of halogens is 3. The molecule has 0 saturated carbocycles. The molecule has 2 aromatic rings. The Morgan fingerprint density at radius 2 is 2.15 bits per heavy atom. The maximum Gasteiger partial charge on any atom is 0.239 e. The zero-order chi connectivity index (χ0) is 19.2. The number of nitrogens with one attached hydrogen (secondary N) is 2. The molecule has 26 heavy (non-hydrogen) atoms. The van der Waals surface area contributed by atoms with Crippen LogP contribution in [0.15, 0.2) is 16.6 Å². The number of hydrogen-bond donors (Lipinski definition) is 2. The molecule has 0 radical (unpaired) electrons. The number of carbonyl (C=O) groups excluding carboxylic acids is 1. The first kappa shape index (κ1) is 19.2. The number of hydrogen-bond acceptors (Lipinski definition) is 4. The van der Waals surface area contributed by atoms with Gasteiger partial charge >= 0.3 is 0 Å². The van der Waals surface area contributed by atoms with E-state index in [1.165, 1.54) is 12.1 Å². The lowest BCUT2D eigenvalue weighted by Crippen LogP contribution is -2.31. The van der Waals surface area contributed by atoms with Gasteiger partial charge in [-0.15, -0.1) is 0 Å². The molecule has 1 aromatic heterocycles. The summed E-state index contributed by atoms with van der Waals surface area (Å²) in [6.07, 6.45) is 0.931. The van der Waals surface area contributed by atoms with Crippen LogP contribution in [0.3, 0.4) is 0 Å². The first-order chi connectivity index (χ1) is 12.1. The van der Waals surface area contributed by atoms with E-state index in [-0.39, 0.29) is 29.4 Å². The van der Waals surface area contributed by atoms with Gasteiger partial charge < -0.3 is 9.55 Å². The van der Waals surface area contributed by atoms with Gasteiger partial charge in [-0.1, -0.05) is 0 Å². The molecule has 0 saturated heterocycles. The SMILES string of the molecule is CS(=O)(=O)NC(=O)Cc1[nH]c(=S)n2c1CC(c1c(F)ccc(Br)c1F)C2. The molecule has 2 N–H and O–H groups in total. The van der Waals surface area contributed by atoms with E-state index in [0.29, 0.717) is 16.2 Å². The normalized spacial score (nSPS) is 16.5. The lowest BCUT2D eigenvalue weighted by molar-refractivity contribution is -0.118. The number of fused-ring (bicyclic) bond motifs is 1. The molecule has 1 aliphatic heterocycles. The second kappa shape index (κ2) is 6.86. The largest absolute Gasteiger partial charge is 0.334 e. The van der Waals surface area contributed by atoms with Crippen molar-refractivity contribution in [3.05, 3.63) is 50.0 Å². The van der Waals surface area contributed by atoms with Gasteiger partial charge in [0.1, 0.15) is 11.6 Å². The van der Waals surface area contributed by atoms with Gasteiger partial charge in [0.15, 0.2) is 4.77 Å². The van der Waals surface area contributed by atoms with Crippen molar-refractivity contribution in [2.45, 2.75) is 25.3 Å². The van der Waals surface area contributed by atoms with E-state index in [1.807, 2.05) is 4.72 Å². The van der Waals surface area contributed by atoms with Crippen molar-refractivity contribution in [3.63, 3.8) is 0 Å². The number of H-pyrrole nitrogens is 1. The molecule has 6 nitrogen and oxygen atoms in total. The quantitative estimate of drug-likeness (QED) is 0.536. The van der Waals surface area contributed by atoms with Crippen molar-refractivity contribution < 1.29 is 22.0 Å². The maximum absolute atomic E-state index is 14.4. The van der Waals surface area contributed by atoms with Gasteiger partial charge in [0.05, 0.1) is 17.1 Å². The van der Waals surface area contributed by atoms with E-state index in [1.54, 1.807) is 4.57 Å². The van der Waals surface area contributed by atoms with Gasteiger partial charge in [-0.25, -0.2) is 17.2 Å². The van der Waals surface area contributed by atoms with Crippen molar-refractivity contribution in [1.29, 1.82) is 0 Å². The molecule has 0 bridgehead atoms. The fourth-order valence-electron chi connectivity index (χ4n) is 3.16. The molecule has 1 aliphatic rings. The summed E-state index contributed by atoms with van der Waals surface area (Å²) in [5.74, 6) is -2.49. The summed E-state index contributed by atoms with van der Waals surface area (Å²) in [6, 6.07) is 2.49. The molecular weight excluding hydrogens is 452 g/mol. The van der Waals surface area contributed by atoms with Crippen LogP contribution in [0.25, 0.3) is 0 Å². The van der Waals surface area contributed by atoms with Crippen molar-refractivity contribution in [2.75, 3.05) is 6.26 Å². The first-order valence-electron chi connectivity index (χ1n) is 7.51. The van der Waals surface area contributed by atoms with Gasteiger partial charge in [0.25, 0.3) is 0 Å². The van der Waals surface area contributed by atoms with E-state index in [4.69, 9.17) is 12.2 Å². The van der Waals surface area contributed by atoms with Crippen molar-refractivity contribution in [3.8, 4) is 0 Å². The second-order valence-corrected chi connectivity index (χ2v) is 9.09. The Balaban J connectivity index is 1.90. The fraction of sp³-hybridized carbons (Fsp3) is 0.333. The number of amides is 1. The van der Waals surface area contributed by atoms with E-state index in [9.17, 15) is 22.0 Å². The second-order valence-electron chi connectivity index (χ2n) is 6.10. The van der Waals surface area contributed by atoms with Gasteiger partial charge in [0.2, 0.25) is 15.9 Å². The number of carbonyl (C=O) groups is 1. The molecule has 1 aromatic carbocycles. The predicted octanol–water partition coefficient (Wildman–Crippen LogP) is 2.54. The number of benzene rings is 1. The molecule has 3 rings (SSSR count). The highest BCUT2D eigenvalue weighted by Crippen LogP contribution is 2.36. The lowest BCUT2D eigenvalue weighted by atomic mass is 9.95. The topological polar surface area (TPSA) is 84.0 Å². The zero-order valence-corrected chi connectivity index (χ0v) is 16.7. The Bertz CT molecular complexity index is 1060. The monoisotopic (exact) mass is 465 g/mol. The summed E-state index contributed by atoms with van der Waals surface area (Å²) in [7, 11) is -3.67. The highest BCUT2D eigenvalue weighted by Gasteiger charge is 2.32. The lowest BCUT2D eigenvalue weighted by Gasteiger charge is -2.13. The maximum atomic E-state index is 14.4. The highest BCUT2D eigenvalue weighted by atomic mass is 79.9. The van der Waals surface area contributed by atoms with Crippen LogP contribution in [0.5, 0.6) is 0 Å². The molecule has 1 amide bonds. The van der Waals surface area contributed by atoms with Gasteiger partial charge in [-0.3, -0.25) is 9.52 Å². The van der Waals surface area contributed by atoms with E-state index >= 15 is 0 Å². The van der Waals surface area contributed by atoms with Crippen LogP contribution in [0.4, 0.5) is 8.78 Å². The average Bonchev–Trinajstić information content (AvgIpc) is 3.04. The van der Waals surface area contributed by atoms with Crippen LogP contribution in [0.2, 0.25) is 0 Å². The van der Waals surface area contributed by atoms with Crippen LogP contribution in [-0.2, 0) is 34.2 Å². The third kappa shape index (κ3) is 3.74. The molecule has 0 fully saturated rings. The van der Waals surface area contributed by atoms with Crippen LogP contribution in [0.1, 0.15) is 22.9 Å². The standard InChI is InChI=1S/C15H14BrF2N3O3S2/c1-26(23,24)20-12(22)5-10-11-4-7(6-21(11)15(25)19-10)13-9(17)3-2-8(16)14(13)18/h2-3,7H,4-6H2,1H3,(H,19,25)(H,20,22). The van der Waals surface area contributed by atoms with Gasteiger partial charge in [0, 0.05) is 29.4 Å². The summed E-state index contributed by atoms with van der Waals surface area (Å²) in [4.78, 5) is 14.7. The number of nitrogens with zero attached hydrogens (tertiary/aromatic N) is 1. The minimum absolute atomic E-state index is 0.0380. The highest BCUT2D eigenvalue weighted by molar-refractivity contribution is 9.10. The van der Waals surface area contributed by atoms with E-state index in [0.717, 1.165) is 6.26 Å². The average molecular weight is 466 g/mol. The third-order valence-electron chi connectivity index (χ3n) is 4.14. The van der Waals surface area contributed by atoms with Gasteiger partial charge in [-0.2, -0.15) is 0 Å². The van der Waals surface area contributed by atoms with Crippen LogP contribution < -0.4 is 4.72 Å². The molecule has 1 unspecified atom stereocenters. The van der Waals surface area contributed by atoms with E-state index in [2.05, 4.69) is 20.9 Å². The summed E-state index contributed by atoms with van der Waals surface area (Å²) >= 11 is 8.27. The minimum Gasteiger partial charge on any atom is -0.334 e. The Kier molecular flexibility index (Phi) is 5.06. The number of imidazole rings is 1. The summed E-state index contributed by atoms with van der Waals surface area (Å²) in [6.45, 7) is 0.267. The Morgan fingerprint density at radius 3 is 2.81 bits per heavy atom. The number of aromatic amines is 1. The molecular formula is C15H14BrF2N3O3S2. The molecule has 0 aliphatic carbocycles. The summed E-state index contributed by atoms with van der Waals surface area (Å²) < 4.78 is 54.9. The minimum atomic E-state index is -3.67. The molecule has 0 spiro atoms. The zero-order valence-electron chi connectivity index (χ0n) is 13.5. The number of aromatic nitrogens is 2. The van der Waals surface area contributed by atoms with Crippen LogP contribution in [0, 0.1) is 16.4 Å². The Hall–Kier alpha value is -1.59. The van der Waals surface area contributed by atoms with Crippen LogP contribution in [-0.4, -0.2) is 30.1 Å². The number of rotatable bonds is 4. The fourth-order valence-corrected chi connectivity index (χ4v) is 4.30. The Labute approximate surface area is 161 Å². The van der Waals surface area contributed by atoms with E-state index < -0.39 is 33.5 Å². The van der Waals surface area contributed by atoms with Crippen molar-refractivity contribution in [1.82, 2.24) is 14.3 Å². The Morgan fingerprint density at radius 1 is 1.46 bits per heavy atom. The smallest absolute Gasteiger partial charge is 0.239 e. The third-order valence-corrected chi connectivity index (χ3v) is 5.68. The van der Waals surface area contributed by atoms with Gasteiger partial charge in [-0.05, 0) is 46.7 Å². The predicted molar refractivity (Wildman–Crippen MR) is 96.8 cm³/mol.